The fourth-order valence-electron chi connectivity index (χ4n) is 2.34. The lowest BCUT2D eigenvalue weighted by Gasteiger charge is -2.07. The van der Waals surface area contributed by atoms with Crippen molar-refractivity contribution in [1.82, 2.24) is 0 Å². The molecule has 0 atom stereocenters. The number of hydrogen-bond acceptors (Lipinski definition) is 4. The van der Waals surface area contributed by atoms with Crippen molar-refractivity contribution in [1.29, 1.82) is 5.26 Å². The Morgan fingerprint density at radius 3 is 2.67 bits per heavy atom. The van der Waals surface area contributed by atoms with Gasteiger partial charge in [-0.2, -0.15) is 5.26 Å². The highest BCUT2D eigenvalue weighted by atomic mass is 16.7. The molecule has 5 heteroatoms. The second kappa shape index (κ2) is 6.47. The summed E-state index contributed by atoms with van der Waals surface area (Å²) in [5, 5.41) is 12.0. The Bertz CT molecular complexity index is 879. The third-order valence-corrected chi connectivity index (χ3v) is 3.84. The number of rotatable bonds is 3. The molecule has 1 amide bonds. The number of amides is 1. The first-order valence-corrected chi connectivity index (χ1v) is 7.47. The quantitative estimate of drug-likeness (QED) is 0.693. The molecule has 0 unspecified atom stereocenters. The van der Waals surface area contributed by atoms with Gasteiger partial charge < -0.3 is 14.8 Å². The average molecular weight is 320 g/mol. The van der Waals surface area contributed by atoms with Crippen molar-refractivity contribution in [3.63, 3.8) is 0 Å². The van der Waals surface area contributed by atoms with Crippen LogP contribution in [0.4, 0.5) is 5.69 Å². The summed E-state index contributed by atoms with van der Waals surface area (Å²) in [5.74, 6) is 0.819. The normalized spacial score (nSPS) is 12.6. The Labute approximate surface area is 140 Å². The fourth-order valence-corrected chi connectivity index (χ4v) is 2.34. The molecular formula is C19H16N2O3. The average Bonchev–Trinajstić information content (AvgIpc) is 3.03. The summed E-state index contributed by atoms with van der Waals surface area (Å²) in [4.78, 5) is 12.3. The molecule has 2 aromatic carbocycles. The van der Waals surface area contributed by atoms with Gasteiger partial charge in [0.2, 0.25) is 6.79 Å². The Morgan fingerprint density at radius 2 is 1.92 bits per heavy atom. The Hall–Kier alpha value is -3.26. The second-order valence-corrected chi connectivity index (χ2v) is 5.54. The zero-order valence-corrected chi connectivity index (χ0v) is 13.4. The number of aryl methyl sites for hydroxylation is 2. The summed E-state index contributed by atoms with van der Waals surface area (Å²) in [6, 6.07) is 12.8. The number of ether oxygens (including phenoxy) is 2. The zero-order valence-electron chi connectivity index (χ0n) is 13.4. The minimum atomic E-state index is -0.446. The summed E-state index contributed by atoms with van der Waals surface area (Å²) >= 11 is 0. The third kappa shape index (κ3) is 3.23. The van der Waals surface area contributed by atoms with Crippen LogP contribution in [0.3, 0.4) is 0 Å². The lowest BCUT2D eigenvalue weighted by atomic mass is 10.1. The van der Waals surface area contributed by atoms with Crippen molar-refractivity contribution >= 4 is 17.7 Å². The van der Waals surface area contributed by atoms with Crippen molar-refractivity contribution in [2.45, 2.75) is 13.8 Å². The van der Waals surface area contributed by atoms with Crippen LogP contribution in [-0.4, -0.2) is 12.7 Å². The minimum Gasteiger partial charge on any atom is -0.454 e. The summed E-state index contributed by atoms with van der Waals surface area (Å²) in [6.07, 6.45) is 1.53. The predicted octanol–water partition coefficient (Wildman–Crippen LogP) is 3.58. The first kappa shape index (κ1) is 15.6. The van der Waals surface area contributed by atoms with Crippen molar-refractivity contribution in [2.24, 2.45) is 0 Å². The van der Waals surface area contributed by atoms with Gasteiger partial charge in [-0.3, -0.25) is 4.79 Å². The maximum absolute atomic E-state index is 12.3. The molecule has 24 heavy (non-hydrogen) atoms. The second-order valence-electron chi connectivity index (χ2n) is 5.54. The van der Waals surface area contributed by atoms with Gasteiger partial charge in [-0.05, 0) is 60.9 Å². The number of carbonyl (C=O) groups excluding carboxylic acids is 1. The zero-order chi connectivity index (χ0) is 17.1. The molecule has 1 aliphatic rings. The number of nitriles is 1. The van der Waals surface area contributed by atoms with Gasteiger partial charge in [0.15, 0.2) is 11.5 Å². The van der Waals surface area contributed by atoms with Crippen molar-refractivity contribution < 1.29 is 14.3 Å². The van der Waals surface area contributed by atoms with Crippen LogP contribution in [0.15, 0.2) is 42.0 Å². The van der Waals surface area contributed by atoms with Crippen LogP contribution in [-0.2, 0) is 4.79 Å². The molecule has 0 saturated heterocycles. The van der Waals surface area contributed by atoms with E-state index in [4.69, 9.17) is 9.47 Å². The third-order valence-electron chi connectivity index (χ3n) is 3.84. The number of nitrogens with one attached hydrogen (secondary N) is 1. The molecule has 0 radical (unpaired) electrons. The molecule has 5 nitrogen and oxygen atoms in total. The van der Waals surface area contributed by atoms with Gasteiger partial charge >= 0.3 is 0 Å². The predicted molar refractivity (Wildman–Crippen MR) is 90.7 cm³/mol. The number of anilines is 1. The number of hydrogen-bond donors (Lipinski definition) is 1. The summed E-state index contributed by atoms with van der Waals surface area (Å²) in [6.45, 7) is 4.15. The molecule has 0 aromatic heterocycles. The Balaban J connectivity index is 1.81. The topological polar surface area (TPSA) is 71.4 Å². The molecule has 1 aliphatic heterocycles. The molecular weight excluding hydrogens is 304 g/mol. The largest absolute Gasteiger partial charge is 0.454 e. The van der Waals surface area contributed by atoms with Crippen LogP contribution in [0.1, 0.15) is 16.7 Å². The molecule has 120 valence electrons. The molecule has 1 heterocycles. The van der Waals surface area contributed by atoms with E-state index in [1.54, 1.807) is 18.2 Å². The summed E-state index contributed by atoms with van der Waals surface area (Å²) in [7, 11) is 0. The summed E-state index contributed by atoms with van der Waals surface area (Å²) < 4.78 is 10.5. The van der Waals surface area contributed by atoms with Gasteiger partial charge in [0, 0.05) is 5.69 Å². The van der Waals surface area contributed by atoms with E-state index in [9.17, 15) is 10.1 Å². The van der Waals surface area contributed by atoms with E-state index in [0.717, 1.165) is 11.1 Å². The van der Waals surface area contributed by atoms with Crippen molar-refractivity contribution in [3.05, 3.63) is 58.7 Å². The molecule has 0 spiro atoms. The number of fused-ring (bicyclic) bond motifs is 1. The van der Waals surface area contributed by atoms with E-state index in [2.05, 4.69) is 5.32 Å². The van der Waals surface area contributed by atoms with Crippen molar-refractivity contribution in [3.8, 4) is 17.6 Å². The highest BCUT2D eigenvalue weighted by molar-refractivity contribution is 6.09. The maximum atomic E-state index is 12.3. The smallest absolute Gasteiger partial charge is 0.266 e. The van der Waals surface area contributed by atoms with Gasteiger partial charge in [0.05, 0.1) is 0 Å². The van der Waals surface area contributed by atoms with Crippen molar-refractivity contribution in [2.75, 3.05) is 12.1 Å². The Kier molecular flexibility index (Phi) is 4.21. The molecule has 0 fully saturated rings. The molecule has 3 rings (SSSR count). The lowest BCUT2D eigenvalue weighted by Crippen LogP contribution is -2.13. The van der Waals surface area contributed by atoms with Gasteiger partial charge in [-0.1, -0.05) is 12.1 Å². The number of carbonyl (C=O) groups is 1. The maximum Gasteiger partial charge on any atom is 0.266 e. The van der Waals surface area contributed by atoms with Crippen LogP contribution in [0.2, 0.25) is 0 Å². The molecule has 2 aromatic rings. The molecule has 0 aliphatic carbocycles. The first-order valence-electron chi connectivity index (χ1n) is 7.47. The Morgan fingerprint density at radius 1 is 1.12 bits per heavy atom. The molecule has 0 bridgehead atoms. The van der Waals surface area contributed by atoms with Crippen LogP contribution >= 0.6 is 0 Å². The minimum absolute atomic E-state index is 0.0205. The summed E-state index contributed by atoms with van der Waals surface area (Å²) in [5.41, 5.74) is 3.60. The highest BCUT2D eigenvalue weighted by Crippen LogP contribution is 2.33. The van der Waals surface area contributed by atoms with Gasteiger partial charge in [0.1, 0.15) is 11.6 Å². The van der Waals surface area contributed by atoms with E-state index in [-0.39, 0.29) is 12.4 Å². The van der Waals surface area contributed by atoms with Crippen LogP contribution in [0, 0.1) is 25.2 Å². The number of benzene rings is 2. The van der Waals surface area contributed by atoms with Crippen LogP contribution < -0.4 is 14.8 Å². The van der Waals surface area contributed by atoms with E-state index >= 15 is 0 Å². The van der Waals surface area contributed by atoms with E-state index in [0.29, 0.717) is 22.7 Å². The van der Waals surface area contributed by atoms with Gasteiger partial charge in [-0.15, -0.1) is 0 Å². The van der Waals surface area contributed by atoms with Gasteiger partial charge in [0.25, 0.3) is 5.91 Å². The van der Waals surface area contributed by atoms with Crippen LogP contribution in [0.5, 0.6) is 11.5 Å². The monoisotopic (exact) mass is 320 g/mol. The fraction of sp³-hybridized carbons (Fsp3) is 0.158. The van der Waals surface area contributed by atoms with E-state index < -0.39 is 5.91 Å². The van der Waals surface area contributed by atoms with Crippen LogP contribution in [0.25, 0.3) is 6.08 Å². The van der Waals surface area contributed by atoms with E-state index in [1.165, 1.54) is 6.08 Å². The molecule has 1 N–H and O–H groups in total. The van der Waals surface area contributed by atoms with E-state index in [1.807, 2.05) is 38.1 Å². The highest BCUT2D eigenvalue weighted by Gasteiger charge is 2.14. The number of nitrogens with zero attached hydrogens (tertiary/aromatic N) is 1. The standard InChI is InChI=1S/C19H16N2O3/c1-12-3-5-16(7-13(12)2)21-19(22)15(10-20)8-14-4-6-17-18(9-14)24-11-23-17/h3-9H,11H2,1-2H3,(H,21,22). The lowest BCUT2D eigenvalue weighted by molar-refractivity contribution is -0.112. The molecule has 0 saturated carbocycles. The van der Waals surface area contributed by atoms with Gasteiger partial charge in [-0.25, -0.2) is 0 Å². The first-order chi connectivity index (χ1) is 11.6. The SMILES string of the molecule is Cc1ccc(NC(=O)C(C#N)=Cc2ccc3c(c2)OCO3)cc1C.